The second-order valence-electron chi connectivity index (χ2n) is 6.70. The molecule has 0 aliphatic carbocycles. The van der Waals surface area contributed by atoms with Gasteiger partial charge in [0.15, 0.2) is 0 Å². The van der Waals surface area contributed by atoms with E-state index in [1.54, 1.807) is 20.8 Å². The van der Waals surface area contributed by atoms with E-state index in [4.69, 9.17) is 0 Å². The van der Waals surface area contributed by atoms with Gasteiger partial charge in [-0.1, -0.05) is 17.7 Å². The van der Waals surface area contributed by atoms with E-state index in [-0.39, 0.29) is 10.8 Å². The van der Waals surface area contributed by atoms with Crippen molar-refractivity contribution in [3.8, 4) is 0 Å². The Hall–Kier alpha value is -2.18. The minimum atomic E-state index is -3.61. The molecule has 0 saturated heterocycles. The zero-order valence-electron chi connectivity index (χ0n) is 14.3. The highest BCUT2D eigenvalue weighted by Crippen LogP contribution is 2.15. The lowest BCUT2D eigenvalue weighted by Gasteiger charge is -2.20. The Kier molecular flexibility index (Phi) is 5.11. The van der Waals surface area contributed by atoms with Gasteiger partial charge < -0.3 is 5.32 Å². The molecule has 1 amide bonds. The van der Waals surface area contributed by atoms with Crippen LogP contribution in [-0.2, 0) is 10.0 Å². The number of benzene rings is 2. The van der Waals surface area contributed by atoms with E-state index >= 15 is 0 Å². The summed E-state index contributed by atoms with van der Waals surface area (Å²) < 4.78 is 27.1. The van der Waals surface area contributed by atoms with Crippen LogP contribution in [0.4, 0.5) is 5.69 Å². The SMILES string of the molecule is Cc1ccc(NC(=O)c2ccc(S(=O)(=O)NC(C)(C)C)cc2)cc1. The van der Waals surface area contributed by atoms with Gasteiger partial charge in [0.25, 0.3) is 5.91 Å². The highest BCUT2D eigenvalue weighted by Gasteiger charge is 2.22. The molecule has 0 saturated carbocycles. The Morgan fingerprint density at radius 3 is 1.96 bits per heavy atom. The fourth-order valence-corrected chi connectivity index (χ4v) is 3.51. The Bertz CT molecular complexity index is 818. The topological polar surface area (TPSA) is 75.3 Å². The van der Waals surface area contributed by atoms with Crippen molar-refractivity contribution in [3.05, 3.63) is 59.7 Å². The van der Waals surface area contributed by atoms with Crippen LogP contribution >= 0.6 is 0 Å². The summed E-state index contributed by atoms with van der Waals surface area (Å²) >= 11 is 0. The van der Waals surface area contributed by atoms with Crippen molar-refractivity contribution in [1.29, 1.82) is 0 Å². The van der Waals surface area contributed by atoms with Crippen LogP contribution in [0.2, 0.25) is 0 Å². The van der Waals surface area contributed by atoms with Crippen LogP contribution in [0.1, 0.15) is 36.7 Å². The molecule has 0 unspecified atom stereocenters. The van der Waals surface area contributed by atoms with Gasteiger partial charge in [0, 0.05) is 16.8 Å². The summed E-state index contributed by atoms with van der Waals surface area (Å²) in [6, 6.07) is 13.3. The molecule has 0 aliphatic heterocycles. The van der Waals surface area contributed by atoms with Crippen LogP contribution < -0.4 is 10.0 Å². The summed E-state index contributed by atoms with van der Waals surface area (Å²) in [7, 11) is -3.61. The normalized spacial score (nSPS) is 12.0. The van der Waals surface area contributed by atoms with Gasteiger partial charge in [-0.3, -0.25) is 4.79 Å². The quantitative estimate of drug-likeness (QED) is 0.892. The monoisotopic (exact) mass is 346 g/mol. The van der Waals surface area contributed by atoms with Gasteiger partial charge in [0.2, 0.25) is 10.0 Å². The minimum absolute atomic E-state index is 0.129. The van der Waals surface area contributed by atoms with Gasteiger partial charge in [-0.15, -0.1) is 0 Å². The third-order valence-electron chi connectivity index (χ3n) is 3.18. The van der Waals surface area contributed by atoms with E-state index in [2.05, 4.69) is 10.0 Å². The molecular formula is C18H22N2O3S. The maximum atomic E-state index is 12.2. The predicted molar refractivity (Wildman–Crippen MR) is 95.6 cm³/mol. The number of rotatable bonds is 4. The molecule has 0 radical (unpaired) electrons. The summed E-state index contributed by atoms with van der Waals surface area (Å²) in [5.74, 6) is -0.286. The predicted octanol–water partition coefficient (Wildman–Crippen LogP) is 3.32. The van der Waals surface area contributed by atoms with E-state index in [0.29, 0.717) is 11.3 Å². The zero-order chi connectivity index (χ0) is 18.0. The molecule has 2 N–H and O–H groups in total. The van der Waals surface area contributed by atoms with E-state index in [0.717, 1.165) is 5.56 Å². The number of hydrogen-bond donors (Lipinski definition) is 2. The van der Waals surface area contributed by atoms with Gasteiger partial charge in [-0.2, -0.15) is 0 Å². The van der Waals surface area contributed by atoms with E-state index in [1.165, 1.54) is 24.3 Å². The van der Waals surface area contributed by atoms with Gasteiger partial charge in [0.1, 0.15) is 0 Å². The lowest BCUT2D eigenvalue weighted by molar-refractivity contribution is 0.102. The highest BCUT2D eigenvalue weighted by molar-refractivity contribution is 7.89. The Morgan fingerprint density at radius 1 is 0.917 bits per heavy atom. The third kappa shape index (κ3) is 4.91. The standard InChI is InChI=1S/C18H22N2O3S/c1-13-5-9-15(10-6-13)19-17(21)14-7-11-16(12-8-14)24(22,23)20-18(2,3)4/h5-12,20H,1-4H3,(H,19,21). The van der Waals surface area contributed by atoms with Crippen LogP contribution in [0.25, 0.3) is 0 Å². The fourth-order valence-electron chi connectivity index (χ4n) is 2.09. The van der Waals surface area contributed by atoms with Crippen LogP contribution in [0.15, 0.2) is 53.4 Å². The number of carbonyl (C=O) groups excluding carboxylic acids is 1. The van der Waals surface area contributed by atoms with Crippen LogP contribution in [-0.4, -0.2) is 19.9 Å². The molecule has 0 spiro atoms. The van der Waals surface area contributed by atoms with Crippen molar-refractivity contribution in [2.75, 3.05) is 5.32 Å². The fraction of sp³-hybridized carbons (Fsp3) is 0.278. The Balaban J connectivity index is 2.14. The van der Waals surface area contributed by atoms with E-state index in [1.807, 2.05) is 31.2 Å². The number of anilines is 1. The molecule has 2 aromatic carbocycles. The second kappa shape index (κ2) is 6.75. The molecule has 24 heavy (non-hydrogen) atoms. The van der Waals surface area contributed by atoms with Gasteiger partial charge >= 0.3 is 0 Å². The number of amides is 1. The summed E-state index contributed by atoms with van der Waals surface area (Å²) in [6.45, 7) is 7.28. The first-order valence-corrected chi connectivity index (χ1v) is 9.07. The van der Waals surface area contributed by atoms with Gasteiger partial charge in [-0.25, -0.2) is 13.1 Å². The lowest BCUT2D eigenvalue weighted by Crippen LogP contribution is -2.40. The molecule has 0 heterocycles. The maximum Gasteiger partial charge on any atom is 0.255 e. The van der Waals surface area contributed by atoms with Crippen molar-refractivity contribution in [2.45, 2.75) is 38.1 Å². The molecule has 6 heteroatoms. The summed E-state index contributed by atoms with van der Waals surface area (Å²) in [4.78, 5) is 12.3. The number of aryl methyl sites for hydroxylation is 1. The van der Waals surface area contributed by atoms with Crippen molar-refractivity contribution in [1.82, 2.24) is 4.72 Å². The molecule has 0 atom stereocenters. The maximum absolute atomic E-state index is 12.2. The van der Waals surface area contributed by atoms with Crippen molar-refractivity contribution < 1.29 is 13.2 Å². The van der Waals surface area contributed by atoms with Crippen LogP contribution in [0.3, 0.4) is 0 Å². The van der Waals surface area contributed by atoms with E-state index < -0.39 is 15.6 Å². The lowest BCUT2D eigenvalue weighted by atomic mass is 10.1. The average molecular weight is 346 g/mol. The first-order chi connectivity index (χ1) is 11.1. The first-order valence-electron chi connectivity index (χ1n) is 7.59. The molecule has 0 aromatic heterocycles. The molecule has 5 nitrogen and oxygen atoms in total. The van der Waals surface area contributed by atoms with Gasteiger partial charge in [0.05, 0.1) is 4.90 Å². The molecule has 2 aromatic rings. The molecule has 0 fully saturated rings. The van der Waals surface area contributed by atoms with Crippen LogP contribution in [0, 0.1) is 6.92 Å². The minimum Gasteiger partial charge on any atom is -0.322 e. The molecule has 128 valence electrons. The number of carbonyl (C=O) groups is 1. The van der Waals surface area contributed by atoms with Crippen molar-refractivity contribution in [2.24, 2.45) is 0 Å². The number of sulfonamides is 1. The van der Waals surface area contributed by atoms with E-state index in [9.17, 15) is 13.2 Å². The summed E-state index contributed by atoms with van der Waals surface area (Å²) in [5.41, 5.74) is 1.62. The van der Waals surface area contributed by atoms with Crippen molar-refractivity contribution >= 4 is 21.6 Å². The smallest absolute Gasteiger partial charge is 0.255 e. The zero-order valence-corrected chi connectivity index (χ0v) is 15.1. The average Bonchev–Trinajstić information content (AvgIpc) is 2.47. The molecular weight excluding hydrogens is 324 g/mol. The van der Waals surface area contributed by atoms with Crippen LogP contribution in [0.5, 0.6) is 0 Å². The molecule has 0 bridgehead atoms. The summed E-state index contributed by atoms with van der Waals surface area (Å²) in [5, 5.41) is 2.78. The largest absolute Gasteiger partial charge is 0.322 e. The first kappa shape index (κ1) is 18.2. The summed E-state index contributed by atoms with van der Waals surface area (Å²) in [6.07, 6.45) is 0. The Labute approximate surface area is 143 Å². The molecule has 2 rings (SSSR count). The highest BCUT2D eigenvalue weighted by atomic mass is 32.2. The number of hydrogen-bond acceptors (Lipinski definition) is 3. The van der Waals surface area contributed by atoms with Crippen molar-refractivity contribution in [3.63, 3.8) is 0 Å². The third-order valence-corrected chi connectivity index (χ3v) is 4.95. The Morgan fingerprint density at radius 2 is 1.46 bits per heavy atom. The molecule has 0 aliphatic rings. The second-order valence-corrected chi connectivity index (χ2v) is 8.38. The van der Waals surface area contributed by atoms with Gasteiger partial charge in [-0.05, 0) is 64.1 Å². The number of nitrogens with one attached hydrogen (secondary N) is 2.